The van der Waals surface area contributed by atoms with E-state index in [1.165, 1.54) is 0 Å². The zero-order valence-corrected chi connectivity index (χ0v) is 13.4. The largest absolute Gasteiger partial charge is 0.481 e. The lowest BCUT2D eigenvalue weighted by Crippen LogP contribution is -2.23. The molecule has 5 heteroatoms. The van der Waals surface area contributed by atoms with Crippen LogP contribution in [0.25, 0.3) is 11.1 Å². The Morgan fingerprint density at radius 1 is 1.05 bits per heavy atom. The van der Waals surface area contributed by atoms with Gasteiger partial charge in [-0.05, 0) is 47.7 Å². The lowest BCUT2D eigenvalue weighted by Gasteiger charge is -2.11. The Labute approximate surface area is 139 Å². The molecule has 0 aliphatic carbocycles. The molecule has 3 N–H and O–H groups in total. The number of carboxylic acids is 1. The number of hydrogen-bond acceptors (Lipinski definition) is 2. The van der Waals surface area contributed by atoms with Crippen molar-refractivity contribution in [1.82, 2.24) is 0 Å². The van der Waals surface area contributed by atoms with Gasteiger partial charge >= 0.3 is 5.97 Å². The van der Waals surface area contributed by atoms with E-state index in [0.29, 0.717) is 22.9 Å². The molecule has 0 bridgehead atoms. The van der Waals surface area contributed by atoms with Crippen LogP contribution in [0, 0.1) is 0 Å². The van der Waals surface area contributed by atoms with Crippen LogP contribution in [0.1, 0.15) is 18.4 Å². The summed E-state index contributed by atoms with van der Waals surface area (Å²) in [5.41, 5.74) is 9.00. The van der Waals surface area contributed by atoms with Crippen LogP contribution in [0.2, 0.25) is 10.0 Å². The number of carboxylic acid groups (broad SMARTS) is 1. The Kier molecular flexibility index (Phi) is 5.83. The number of nitrogens with two attached hydrogens (primary N) is 1. The summed E-state index contributed by atoms with van der Waals surface area (Å²) in [6, 6.07) is 13.2. The van der Waals surface area contributed by atoms with Gasteiger partial charge in [-0.15, -0.1) is 0 Å². The van der Waals surface area contributed by atoms with E-state index in [0.717, 1.165) is 16.7 Å². The SMILES string of the molecule is NC(CCC(=O)O)Cc1ccc(-c2cc(Cl)cc(Cl)c2)cc1. The standard InChI is InChI=1S/C17H17Cl2NO2/c18-14-8-13(9-15(19)10-14)12-3-1-11(2-4-12)7-16(20)5-6-17(21)22/h1-4,8-10,16H,5-7,20H2,(H,21,22). The maximum absolute atomic E-state index is 10.5. The van der Waals surface area contributed by atoms with E-state index in [2.05, 4.69) is 0 Å². The topological polar surface area (TPSA) is 63.3 Å². The minimum atomic E-state index is -0.816. The average Bonchev–Trinajstić information content (AvgIpc) is 2.45. The Morgan fingerprint density at radius 2 is 1.64 bits per heavy atom. The molecule has 0 spiro atoms. The first-order valence-corrected chi connectivity index (χ1v) is 7.72. The second kappa shape index (κ2) is 7.63. The van der Waals surface area contributed by atoms with Crippen molar-refractivity contribution in [1.29, 1.82) is 0 Å². The summed E-state index contributed by atoms with van der Waals surface area (Å²) in [4.78, 5) is 10.5. The molecular formula is C17H17Cl2NO2. The molecule has 0 amide bonds. The molecule has 1 atom stereocenters. The fourth-order valence-corrected chi connectivity index (χ4v) is 2.79. The van der Waals surface area contributed by atoms with E-state index in [1.54, 1.807) is 6.07 Å². The van der Waals surface area contributed by atoms with Gasteiger partial charge in [0.15, 0.2) is 0 Å². The molecule has 2 aromatic carbocycles. The highest BCUT2D eigenvalue weighted by molar-refractivity contribution is 6.35. The van der Waals surface area contributed by atoms with Crippen LogP contribution in [0.4, 0.5) is 0 Å². The Bertz CT molecular complexity index is 636. The molecule has 0 aliphatic heterocycles. The minimum Gasteiger partial charge on any atom is -0.481 e. The quantitative estimate of drug-likeness (QED) is 0.821. The molecule has 0 heterocycles. The van der Waals surface area contributed by atoms with Crippen molar-refractivity contribution in [3.05, 3.63) is 58.1 Å². The van der Waals surface area contributed by atoms with Crippen molar-refractivity contribution in [3.63, 3.8) is 0 Å². The number of rotatable bonds is 6. The van der Waals surface area contributed by atoms with Crippen molar-refractivity contribution < 1.29 is 9.90 Å². The summed E-state index contributed by atoms with van der Waals surface area (Å²) < 4.78 is 0. The highest BCUT2D eigenvalue weighted by atomic mass is 35.5. The fourth-order valence-electron chi connectivity index (χ4n) is 2.27. The van der Waals surface area contributed by atoms with Gasteiger partial charge in [0.2, 0.25) is 0 Å². The van der Waals surface area contributed by atoms with Crippen LogP contribution in [-0.4, -0.2) is 17.1 Å². The van der Waals surface area contributed by atoms with E-state index in [4.69, 9.17) is 34.0 Å². The molecule has 0 radical (unpaired) electrons. The van der Waals surface area contributed by atoms with Crippen LogP contribution >= 0.6 is 23.2 Å². The van der Waals surface area contributed by atoms with Crippen LogP contribution in [0.5, 0.6) is 0 Å². The van der Waals surface area contributed by atoms with Gasteiger partial charge in [0.05, 0.1) is 0 Å². The first kappa shape index (κ1) is 16.8. The third kappa shape index (κ3) is 5.02. The molecule has 116 valence electrons. The van der Waals surface area contributed by atoms with Gasteiger partial charge in [0.25, 0.3) is 0 Å². The highest BCUT2D eigenvalue weighted by Gasteiger charge is 2.08. The maximum atomic E-state index is 10.5. The van der Waals surface area contributed by atoms with Gasteiger partial charge < -0.3 is 10.8 Å². The van der Waals surface area contributed by atoms with Crippen molar-refractivity contribution in [2.75, 3.05) is 0 Å². The van der Waals surface area contributed by atoms with Gasteiger partial charge in [-0.1, -0.05) is 47.5 Å². The lowest BCUT2D eigenvalue weighted by molar-refractivity contribution is -0.137. The highest BCUT2D eigenvalue weighted by Crippen LogP contribution is 2.27. The number of hydrogen-bond donors (Lipinski definition) is 2. The Morgan fingerprint density at radius 3 is 2.18 bits per heavy atom. The van der Waals surface area contributed by atoms with E-state index < -0.39 is 5.97 Å². The number of benzene rings is 2. The smallest absolute Gasteiger partial charge is 0.303 e. The Hall–Kier alpha value is -1.55. The van der Waals surface area contributed by atoms with Gasteiger partial charge in [0.1, 0.15) is 0 Å². The molecule has 22 heavy (non-hydrogen) atoms. The zero-order chi connectivity index (χ0) is 16.1. The summed E-state index contributed by atoms with van der Waals surface area (Å²) in [6.45, 7) is 0. The monoisotopic (exact) mass is 337 g/mol. The van der Waals surface area contributed by atoms with Gasteiger partial charge in [-0.2, -0.15) is 0 Å². The van der Waals surface area contributed by atoms with Crippen LogP contribution in [0.15, 0.2) is 42.5 Å². The van der Waals surface area contributed by atoms with Gasteiger partial charge in [-0.3, -0.25) is 4.79 Å². The maximum Gasteiger partial charge on any atom is 0.303 e. The first-order valence-electron chi connectivity index (χ1n) is 6.97. The zero-order valence-electron chi connectivity index (χ0n) is 11.9. The fraction of sp³-hybridized carbons (Fsp3) is 0.235. The second-order valence-corrected chi connectivity index (χ2v) is 6.12. The molecule has 0 saturated carbocycles. The number of carbonyl (C=O) groups is 1. The number of halogens is 2. The van der Waals surface area contributed by atoms with Gasteiger partial charge in [0, 0.05) is 22.5 Å². The van der Waals surface area contributed by atoms with Crippen LogP contribution in [0.3, 0.4) is 0 Å². The third-order valence-electron chi connectivity index (χ3n) is 3.38. The van der Waals surface area contributed by atoms with Crippen molar-refractivity contribution >= 4 is 29.2 Å². The summed E-state index contributed by atoms with van der Waals surface area (Å²) in [7, 11) is 0. The Balaban J connectivity index is 2.05. The summed E-state index contributed by atoms with van der Waals surface area (Å²) in [5.74, 6) is -0.816. The predicted molar refractivity (Wildman–Crippen MR) is 90.4 cm³/mol. The summed E-state index contributed by atoms with van der Waals surface area (Å²) in [5, 5.41) is 9.86. The van der Waals surface area contributed by atoms with E-state index >= 15 is 0 Å². The second-order valence-electron chi connectivity index (χ2n) is 5.25. The molecule has 2 rings (SSSR count). The van der Waals surface area contributed by atoms with Gasteiger partial charge in [-0.25, -0.2) is 0 Å². The molecule has 0 fully saturated rings. The molecule has 0 aromatic heterocycles. The molecule has 1 unspecified atom stereocenters. The molecule has 2 aromatic rings. The third-order valence-corrected chi connectivity index (χ3v) is 3.81. The average molecular weight is 338 g/mol. The molecule has 0 saturated heterocycles. The van der Waals surface area contributed by atoms with Crippen molar-refractivity contribution in [2.24, 2.45) is 5.73 Å². The van der Waals surface area contributed by atoms with Crippen LogP contribution < -0.4 is 5.73 Å². The number of aliphatic carboxylic acids is 1. The lowest BCUT2D eigenvalue weighted by atomic mass is 9.99. The summed E-state index contributed by atoms with van der Waals surface area (Å²) in [6.07, 6.45) is 1.23. The minimum absolute atomic E-state index is 0.0975. The van der Waals surface area contributed by atoms with Crippen molar-refractivity contribution in [3.8, 4) is 11.1 Å². The predicted octanol–water partition coefficient (Wildman–Crippen LogP) is 4.40. The first-order chi connectivity index (χ1) is 10.4. The van der Waals surface area contributed by atoms with Crippen molar-refractivity contribution in [2.45, 2.75) is 25.3 Å². The van der Waals surface area contributed by atoms with E-state index in [-0.39, 0.29) is 12.5 Å². The molecular weight excluding hydrogens is 321 g/mol. The molecule has 0 aliphatic rings. The van der Waals surface area contributed by atoms with E-state index in [1.807, 2.05) is 36.4 Å². The van der Waals surface area contributed by atoms with Crippen LogP contribution in [-0.2, 0) is 11.2 Å². The van der Waals surface area contributed by atoms with E-state index in [9.17, 15) is 4.79 Å². The molecule has 3 nitrogen and oxygen atoms in total. The normalized spacial score (nSPS) is 12.1. The summed E-state index contributed by atoms with van der Waals surface area (Å²) >= 11 is 12.0.